The SMILES string of the molecule is COc1cc(C(F)(F)F)c(C=O)cn1. The van der Waals surface area contributed by atoms with Crippen molar-refractivity contribution < 1.29 is 22.7 Å². The molecule has 0 aliphatic rings. The first-order valence-electron chi connectivity index (χ1n) is 3.55. The van der Waals surface area contributed by atoms with Gasteiger partial charge in [-0.3, -0.25) is 4.79 Å². The molecular formula is C8H6F3NO2. The molecule has 6 heteroatoms. The second-order valence-corrected chi connectivity index (χ2v) is 2.43. The quantitative estimate of drug-likeness (QED) is 0.692. The highest BCUT2D eigenvalue weighted by Gasteiger charge is 2.34. The Bertz CT molecular complexity index is 349. The molecule has 1 aromatic rings. The molecule has 0 aromatic carbocycles. The van der Waals surface area contributed by atoms with Gasteiger partial charge in [0.1, 0.15) is 0 Å². The van der Waals surface area contributed by atoms with E-state index in [4.69, 9.17) is 0 Å². The van der Waals surface area contributed by atoms with Crippen molar-refractivity contribution in [1.82, 2.24) is 4.98 Å². The second-order valence-electron chi connectivity index (χ2n) is 2.43. The molecule has 0 atom stereocenters. The Morgan fingerprint density at radius 1 is 1.50 bits per heavy atom. The first-order valence-corrected chi connectivity index (χ1v) is 3.55. The highest BCUT2D eigenvalue weighted by Crippen LogP contribution is 2.32. The van der Waals surface area contributed by atoms with Gasteiger partial charge in [0.2, 0.25) is 5.88 Å². The highest BCUT2D eigenvalue weighted by molar-refractivity contribution is 5.77. The Balaban J connectivity index is 3.29. The molecule has 76 valence electrons. The van der Waals surface area contributed by atoms with Crippen LogP contribution in [-0.2, 0) is 6.18 Å². The lowest BCUT2D eigenvalue weighted by molar-refractivity contribution is -0.138. The molecule has 0 fully saturated rings. The molecule has 0 saturated carbocycles. The van der Waals surface area contributed by atoms with Crippen LogP contribution in [0.15, 0.2) is 12.3 Å². The normalized spacial score (nSPS) is 11.1. The number of nitrogens with zero attached hydrogens (tertiary/aromatic N) is 1. The summed E-state index contributed by atoms with van der Waals surface area (Å²) in [5, 5.41) is 0. The van der Waals surface area contributed by atoms with Crippen molar-refractivity contribution in [2.75, 3.05) is 7.11 Å². The molecule has 0 aliphatic heterocycles. The van der Waals surface area contributed by atoms with Crippen molar-refractivity contribution >= 4 is 6.29 Å². The third kappa shape index (κ3) is 2.01. The van der Waals surface area contributed by atoms with Crippen molar-refractivity contribution in [3.63, 3.8) is 0 Å². The van der Waals surface area contributed by atoms with Crippen LogP contribution < -0.4 is 4.74 Å². The Morgan fingerprint density at radius 3 is 2.57 bits per heavy atom. The van der Waals surface area contributed by atoms with Gasteiger partial charge in [0, 0.05) is 17.8 Å². The predicted molar refractivity (Wildman–Crippen MR) is 41.2 cm³/mol. The molecule has 0 saturated heterocycles. The van der Waals surface area contributed by atoms with E-state index in [0.29, 0.717) is 6.07 Å². The van der Waals surface area contributed by atoms with Crippen LogP contribution in [0.2, 0.25) is 0 Å². The van der Waals surface area contributed by atoms with Gasteiger partial charge in [0.25, 0.3) is 0 Å². The molecule has 1 rings (SSSR count). The number of aldehydes is 1. The van der Waals surface area contributed by atoms with Crippen LogP contribution in [0.25, 0.3) is 0 Å². The number of carbonyl (C=O) groups excluding carboxylic acids is 1. The number of hydrogen-bond donors (Lipinski definition) is 0. The molecule has 0 unspecified atom stereocenters. The average Bonchev–Trinajstić information content (AvgIpc) is 2.15. The van der Waals surface area contributed by atoms with Crippen molar-refractivity contribution in [2.45, 2.75) is 6.18 Å². The summed E-state index contributed by atoms with van der Waals surface area (Å²) in [4.78, 5) is 13.8. The van der Waals surface area contributed by atoms with E-state index >= 15 is 0 Å². The number of pyridine rings is 1. The molecule has 0 spiro atoms. The zero-order valence-corrected chi connectivity index (χ0v) is 7.13. The van der Waals surface area contributed by atoms with E-state index in [1.54, 1.807) is 0 Å². The Kier molecular flexibility index (Phi) is 2.73. The van der Waals surface area contributed by atoms with Gasteiger partial charge in [-0.15, -0.1) is 0 Å². The van der Waals surface area contributed by atoms with Gasteiger partial charge < -0.3 is 4.74 Å². The number of ether oxygens (including phenoxy) is 1. The fourth-order valence-corrected chi connectivity index (χ4v) is 0.898. The van der Waals surface area contributed by atoms with Gasteiger partial charge in [-0.05, 0) is 0 Å². The van der Waals surface area contributed by atoms with Crippen LogP contribution in [0.1, 0.15) is 15.9 Å². The van der Waals surface area contributed by atoms with E-state index in [1.165, 1.54) is 7.11 Å². The maximum absolute atomic E-state index is 12.3. The standard InChI is InChI=1S/C8H6F3NO2/c1-14-7-2-6(8(9,10)11)5(4-13)3-12-7/h2-4H,1H3. The van der Waals surface area contributed by atoms with Crippen LogP contribution in [0.4, 0.5) is 13.2 Å². The molecule has 0 N–H and O–H groups in total. The van der Waals surface area contributed by atoms with Crippen LogP contribution in [0.3, 0.4) is 0 Å². The lowest BCUT2D eigenvalue weighted by Crippen LogP contribution is -2.09. The summed E-state index contributed by atoms with van der Waals surface area (Å²) < 4.78 is 41.5. The zero-order chi connectivity index (χ0) is 10.8. The van der Waals surface area contributed by atoms with Gasteiger partial charge in [-0.2, -0.15) is 13.2 Å². The van der Waals surface area contributed by atoms with E-state index in [1.807, 2.05) is 0 Å². The minimum atomic E-state index is -4.58. The second kappa shape index (κ2) is 3.65. The number of methoxy groups -OCH3 is 1. The summed E-state index contributed by atoms with van der Waals surface area (Å²) in [5.74, 6) is -0.178. The van der Waals surface area contributed by atoms with Crippen molar-refractivity contribution in [3.8, 4) is 5.88 Å². The number of carbonyl (C=O) groups is 1. The Morgan fingerprint density at radius 2 is 2.14 bits per heavy atom. The Hall–Kier alpha value is -1.59. The first kappa shape index (κ1) is 10.5. The topological polar surface area (TPSA) is 39.2 Å². The number of halogens is 3. The molecule has 0 aliphatic carbocycles. The number of aromatic nitrogens is 1. The van der Waals surface area contributed by atoms with E-state index < -0.39 is 17.3 Å². The minimum absolute atomic E-state index is 0.106. The number of rotatable bonds is 2. The maximum Gasteiger partial charge on any atom is 0.417 e. The van der Waals surface area contributed by atoms with Crippen LogP contribution >= 0.6 is 0 Å². The lowest BCUT2D eigenvalue weighted by Gasteiger charge is -2.09. The van der Waals surface area contributed by atoms with Crippen LogP contribution in [0.5, 0.6) is 5.88 Å². The number of alkyl halides is 3. The van der Waals surface area contributed by atoms with E-state index in [0.717, 1.165) is 6.20 Å². The van der Waals surface area contributed by atoms with Gasteiger partial charge >= 0.3 is 6.18 Å². The molecule has 0 amide bonds. The smallest absolute Gasteiger partial charge is 0.417 e. The van der Waals surface area contributed by atoms with Crippen LogP contribution in [-0.4, -0.2) is 18.4 Å². The lowest BCUT2D eigenvalue weighted by atomic mass is 10.1. The molecular weight excluding hydrogens is 199 g/mol. The van der Waals surface area contributed by atoms with Gasteiger partial charge in [0.15, 0.2) is 6.29 Å². The summed E-state index contributed by atoms with van der Waals surface area (Å²) in [7, 11) is 1.20. The maximum atomic E-state index is 12.3. The molecule has 0 bridgehead atoms. The minimum Gasteiger partial charge on any atom is -0.481 e. The summed E-state index contributed by atoms with van der Waals surface area (Å²) in [6.07, 6.45) is -3.64. The summed E-state index contributed by atoms with van der Waals surface area (Å²) in [5.41, 5.74) is -1.54. The molecule has 0 radical (unpaired) electrons. The third-order valence-electron chi connectivity index (χ3n) is 1.55. The average molecular weight is 205 g/mol. The summed E-state index contributed by atoms with van der Waals surface area (Å²) >= 11 is 0. The zero-order valence-electron chi connectivity index (χ0n) is 7.13. The predicted octanol–water partition coefficient (Wildman–Crippen LogP) is 1.92. The molecule has 14 heavy (non-hydrogen) atoms. The largest absolute Gasteiger partial charge is 0.481 e. The number of hydrogen-bond acceptors (Lipinski definition) is 3. The van der Waals surface area contributed by atoms with Crippen molar-refractivity contribution in [3.05, 3.63) is 23.4 Å². The van der Waals surface area contributed by atoms with E-state index in [-0.39, 0.29) is 12.2 Å². The van der Waals surface area contributed by atoms with Crippen LogP contribution in [0, 0.1) is 0 Å². The van der Waals surface area contributed by atoms with Gasteiger partial charge in [-0.25, -0.2) is 4.98 Å². The molecule has 1 aromatic heterocycles. The summed E-state index contributed by atoms with van der Waals surface area (Å²) in [6, 6.07) is 0.684. The third-order valence-corrected chi connectivity index (χ3v) is 1.55. The van der Waals surface area contributed by atoms with Crippen molar-refractivity contribution in [1.29, 1.82) is 0 Å². The molecule has 3 nitrogen and oxygen atoms in total. The fourth-order valence-electron chi connectivity index (χ4n) is 0.898. The van der Waals surface area contributed by atoms with E-state index in [2.05, 4.69) is 9.72 Å². The van der Waals surface area contributed by atoms with Gasteiger partial charge in [-0.1, -0.05) is 0 Å². The highest BCUT2D eigenvalue weighted by atomic mass is 19.4. The Labute approximate surface area is 77.5 Å². The monoisotopic (exact) mass is 205 g/mol. The summed E-state index contributed by atoms with van der Waals surface area (Å²) in [6.45, 7) is 0. The van der Waals surface area contributed by atoms with Crippen molar-refractivity contribution in [2.24, 2.45) is 0 Å². The first-order chi connectivity index (χ1) is 6.49. The molecule has 1 heterocycles. The fraction of sp³-hybridized carbons (Fsp3) is 0.250. The van der Waals surface area contributed by atoms with Gasteiger partial charge in [0.05, 0.1) is 12.7 Å². The van der Waals surface area contributed by atoms with E-state index in [9.17, 15) is 18.0 Å².